The highest BCUT2D eigenvalue weighted by Gasteiger charge is 2.22. The van der Waals surface area contributed by atoms with E-state index in [4.69, 9.17) is 5.11 Å². The van der Waals surface area contributed by atoms with Gasteiger partial charge in [0.2, 0.25) is 5.95 Å². The molecule has 1 fully saturated rings. The maximum Gasteiger partial charge on any atom is 0.338 e. The fourth-order valence-corrected chi connectivity index (χ4v) is 4.09. The van der Waals surface area contributed by atoms with Crippen molar-refractivity contribution in [3.63, 3.8) is 0 Å². The summed E-state index contributed by atoms with van der Waals surface area (Å²) in [6, 6.07) is 8.46. The van der Waals surface area contributed by atoms with Crippen molar-refractivity contribution >= 4 is 22.8 Å². The zero-order chi connectivity index (χ0) is 20.2. The monoisotopic (exact) mass is 393 g/mol. The van der Waals surface area contributed by atoms with Crippen LogP contribution < -0.4 is 4.90 Å². The van der Waals surface area contributed by atoms with E-state index >= 15 is 0 Å². The second kappa shape index (κ2) is 8.61. The Balaban J connectivity index is 1.24. The molecule has 1 aromatic carbocycles. The highest BCUT2D eigenvalue weighted by molar-refractivity contribution is 5.86. The quantitative estimate of drug-likeness (QED) is 0.642. The normalized spacial score (nSPS) is 15.3. The average Bonchev–Trinajstić information content (AvgIpc) is 3.16. The topological polar surface area (TPSA) is 85.4 Å². The molecule has 3 heterocycles. The van der Waals surface area contributed by atoms with Crippen molar-refractivity contribution in [1.29, 1.82) is 0 Å². The summed E-state index contributed by atoms with van der Waals surface area (Å²) in [6.45, 7) is 3.96. The van der Waals surface area contributed by atoms with Crippen molar-refractivity contribution in [1.82, 2.24) is 19.9 Å². The second-order valence-electron chi connectivity index (χ2n) is 7.88. The van der Waals surface area contributed by atoms with E-state index in [1.165, 1.54) is 28.9 Å². The molecular weight excluding hydrogens is 366 g/mol. The first-order chi connectivity index (χ1) is 14.1. The third-order valence-corrected chi connectivity index (χ3v) is 5.79. The molecule has 1 aliphatic heterocycles. The van der Waals surface area contributed by atoms with Crippen molar-refractivity contribution in [3.05, 3.63) is 54.0 Å². The van der Waals surface area contributed by atoms with Crippen LogP contribution in [0, 0.1) is 5.92 Å². The Morgan fingerprint density at radius 3 is 2.69 bits per heavy atom. The van der Waals surface area contributed by atoms with E-state index in [0.29, 0.717) is 11.9 Å². The molecule has 0 unspecified atom stereocenters. The van der Waals surface area contributed by atoms with E-state index < -0.39 is 5.97 Å². The Morgan fingerprint density at radius 2 is 1.97 bits per heavy atom. The number of aromatic amines is 1. The number of piperidine rings is 1. The highest BCUT2D eigenvalue weighted by Crippen LogP contribution is 2.22. The Labute approximate surface area is 170 Å². The summed E-state index contributed by atoms with van der Waals surface area (Å²) < 4.78 is 0. The number of carboxylic acids is 1. The lowest BCUT2D eigenvalue weighted by molar-refractivity contribution is 0.0696. The SMILES string of the molecule is CN(CCc1c[nH]c2ccccc12)CC1CCN(c2ncc(C(=O)O)cn2)CC1. The van der Waals surface area contributed by atoms with Crippen molar-refractivity contribution < 1.29 is 9.90 Å². The van der Waals surface area contributed by atoms with Crippen LogP contribution in [0.5, 0.6) is 0 Å². The molecule has 2 aromatic heterocycles. The number of aromatic nitrogens is 3. The molecule has 0 aliphatic carbocycles. The van der Waals surface area contributed by atoms with Crippen LogP contribution in [0.15, 0.2) is 42.9 Å². The fourth-order valence-electron chi connectivity index (χ4n) is 4.09. The summed E-state index contributed by atoms with van der Waals surface area (Å²) >= 11 is 0. The molecule has 7 nitrogen and oxygen atoms in total. The molecule has 0 bridgehead atoms. The van der Waals surface area contributed by atoms with E-state index in [0.717, 1.165) is 45.4 Å². The molecule has 29 heavy (non-hydrogen) atoms. The van der Waals surface area contributed by atoms with E-state index in [1.807, 2.05) is 0 Å². The van der Waals surface area contributed by atoms with Gasteiger partial charge in [0.05, 0.1) is 5.56 Å². The smallest absolute Gasteiger partial charge is 0.338 e. The van der Waals surface area contributed by atoms with Crippen molar-refractivity contribution in [3.8, 4) is 0 Å². The molecule has 0 radical (unpaired) electrons. The summed E-state index contributed by atoms with van der Waals surface area (Å²) in [5.74, 6) is 0.296. The predicted molar refractivity (Wildman–Crippen MR) is 113 cm³/mol. The van der Waals surface area contributed by atoms with Gasteiger partial charge < -0.3 is 19.9 Å². The van der Waals surface area contributed by atoms with Crippen molar-refractivity contribution in [2.24, 2.45) is 5.92 Å². The van der Waals surface area contributed by atoms with Gasteiger partial charge in [-0.3, -0.25) is 0 Å². The van der Waals surface area contributed by atoms with Crippen LogP contribution in [0.4, 0.5) is 5.95 Å². The van der Waals surface area contributed by atoms with Crippen LogP contribution >= 0.6 is 0 Å². The van der Waals surface area contributed by atoms with Gasteiger partial charge in [-0.15, -0.1) is 0 Å². The Hall–Kier alpha value is -2.93. The first-order valence-corrected chi connectivity index (χ1v) is 10.1. The molecule has 0 spiro atoms. The second-order valence-corrected chi connectivity index (χ2v) is 7.88. The van der Waals surface area contributed by atoms with Crippen LogP contribution in [0.25, 0.3) is 10.9 Å². The van der Waals surface area contributed by atoms with Crippen LogP contribution in [0.2, 0.25) is 0 Å². The molecule has 4 rings (SSSR count). The highest BCUT2D eigenvalue weighted by atomic mass is 16.4. The van der Waals surface area contributed by atoms with Gasteiger partial charge in [-0.25, -0.2) is 14.8 Å². The molecule has 0 amide bonds. The van der Waals surface area contributed by atoms with E-state index in [9.17, 15) is 4.79 Å². The average molecular weight is 393 g/mol. The molecule has 0 atom stereocenters. The molecule has 7 heteroatoms. The molecule has 0 saturated carbocycles. The van der Waals surface area contributed by atoms with E-state index in [-0.39, 0.29) is 5.56 Å². The number of aromatic carboxylic acids is 1. The molecule has 1 aliphatic rings. The number of nitrogens with one attached hydrogen (secondary N) is 1. The number of carboxylic acid groups (broad SMARTS) is 1. The minimum Gasteiger partial charge on any atom is -0.478 e. The van der Waals surface area contributed by atoms with Gasteiger partial charge in [0.1, 0.15) is 0 Å². The molecule has 1 saturated heterocycles. The lowest BCUT2D eigenvalue weighted by atomic mass is 9.96. The number of para-hydroxylation sites is 1. The summed E-state index contributed by atoms with van der Waals surface area (Å²) in [5, 5.41) is 10.3. The Morgan fingerprint density at radius 1 is 1.24 bits per heavy atom. The first-order valence-electron chi connectivity index (χ1n) is 10.1. The molecule has 2 N–H and O–H groups in total. The number of nitrogens with zero attached hydrogens (tertiary/aromatic N) is 4. The summed E-state index contributed by atoms with van der Waals surface area (Å²) in [6.07, 6.45) is 8.14. The number of anilines is 1. The maximum absolute atomic E-state index is 10.9. The number of fused-ring (bicyclic) bond motifs is 1. The van der Waals surface area contributed by atoms with Crippen molar-refractivity contribution in [2.75, 3.05) is 38.1 Å². The summed E-state index contributed by atoms with van der Waals surface area (Å²) in [5.41, 5.74) is 2.71. The lowest BCUT2D eigenvalue weighted by Gasteiger charge is -2.33. The number of H-pyrrole nitrogens is 1. The van der Waals surface area contributed by atoms with Gasteiger partial charge in [0.25, 0.3) is 0 Å². The minimum absolute atomic E-state index is 0.125. The molecular formula is C22H27N5O2. The zero-order valence-corrected chi connectivity index (χ0v) is 16.7. The van der Waals surface area contributed by atoms with Gasteiger partial charge >= 0.3 is 5.97 Å². The van der Waals surface area contributed by atoms with Gasteiger partial charge in [0.15, 0.2) is 0 Å². The first kappa shape index (κ1) is 19.4. The number of carbonyl (C=O) groups is 1. The van der Waals surface area contributed by atoms with Crippen LogP contribution in [-0.2, 0) is 6.42 Å². The molecule has 3 aromatic rings. The van der Waals surface area contributed by atoms with Crippen LogP contribution in [0.3, 0.4) is 0 Å². The maximum atomic E-state index is 10.9. The Bertz CT molecular complexity index is 961. The largest absolute Gasteiger partial charge is 0.478 e. The number of rotatable bonds is 7. The van der Waals surface area contributed by atoms with Gasteiger partial charge in [-0.05, 0) is 43.9 Å². The number of benzene rings is 1. The standard InChI is InChI=1S/C22H27N5O2/c1-26(9-8-17-12-23-20-5-3-2-4-19(17)20)15-16-6-10-27(11-7-16)22-24-13-18(14-25-22)21(28)29/h2-5,12-14,16,23H,6-11,15H2,1H3,(H,28,29). The number of hydrogen-bond acceptors (Lipinski definition) is 5. The van der Waals surface area contributed by atoms with Gasteiger partial charge in [-0.1, -0.05) is 18.2 Å². The number of hydrogen-bond donors (Lipinski definition) is 2. The van der Waals surface area contributed by atoms with Gasteiger partial charge in [-0.2, -0.15) is 0 Å². The third-order valence-electron chi connectivity index (χ3n) is 5.79. The van der Waals surface area contributed by atoms with Crippen molar-refractivity contribution in [2.45, 2.75) is 19.3 Å². The zero-order valence-electron chi connectivity index (χ0n) is 16.7. The summed E-state index contributed by atoms with van der Waals surface area (Å²) in [7, 11) is 2.20. The predicted octanol–water partition coefficient (Wildman–Crippen LogP) is 3.05. The van der Waals surface area contributed by atoms with Crippen LogP contribution in [0.1, 0.15) is 28.8 Å². The minimum atomic E-state index is -0.995. The lowest BCUT2D eigenvalue weighted by Crippen LogP contribution is -2.39. The molecule has 152 valence electrons. The Kier molecular flexibility index (Phi) is 5.76. The number of likely N-dealkylation sites (N-methyl/N-ethyl adjacent to an activating group) is 1. The van der Waals surface area contributed by atoms with Crippen LogP contribution in [-0.4, -0.2) is 64.2 Å². The van der Waals surface area contributed by atoms with E-state index in [1.54, 1.807) is 0 Å². The van der Waals surface area contributed by atoms with Gasteiger partial charge in [0, 0.05) is 55.7 Å². The third kappa shape index (κ3) is 4.56. The van der Waals surface area contributed by atoms with E-state index in [2.05, 4.69) is 62.3 Å². The summed E-state index contributed by atoms with van der Waals surface area (Å²) in [4.78, 5) is 27.3. The fraction of sp³-hybridized carbons (Fsp3) is 0.409.